The molecule has 0 aliphatic rings. The highest BCUT2D eigenvalue weighted by atomic mass is 32.2. The van der Waals surface area contributed by atoms with Gasteiger partial charge < -0.3 is 5.32 Å². The van der Waals surface area contributed by atoms with Crippen LogP contribution in [0.2, 0.25) is 0 Å². The third-order valence-electron chi connectivity index (χ3n) is 3.65. The molecule has 3 nitrogen and oxygen atoms in total. The van der Waals surface area contributed by atoms with Crippen LogP contribution in [-0.2, 0) is 10.2 Å². The maximum absolute atomic E-state index is 12.1. The number of aromatic nitrogens is 1. The second-order valence-corrected chi connectivity index (χ2v) is 7.69. The van der Waals surface area contributed by atoms with Gasteiger partial charge in [0.15, 0.2) is 0 Å². The summed E-state index contributed by atoms with van der Waals surface area (Å²) in [4.78, 5) is 17.3. The molecule has 4 heteroatoms. The van der Waals surface area contributed by atoms with E-state index in [1.165, 1.54) is 5.56 Å². The Labute approximate surface area is 142 Å². The minimum absolute atomic E-state index is 0.0277. The first-order valence-corrected chi connectivity index (χ1v) is 8.77. The highest BCUT2D eigenvalue weighted by Gasteiger charge is 2.13. The number of carbonyl (C=O) groups excluding carboxylic acids is 1. The summed E-state index contributed by atoms with van der Waals surface area (Å²) in [5, 5.41) is 3.00. The van der Waals surface area contributed by atoms with E-state index in [4.69, 9.17) is 0 Å². The Morgan fingerprint density at radius 1 is 1.22 bits per heavy atom. The van der Waals surface area contributed by atoms with E-state index < -0.39 is 0 Å². The Morgan fingerprint density at radius 2 is 1.91 bits per heavy atom. The highest BCUT2D eigenvalue weighted by Crippen LogP contribution is 2.25. The molecule has 0 aliphatic carbocycles. The molecular weight excluding hydrogens is 304 g/mol. The lowest BCUT2D eigenvalue weighted by atomic mass is 9.87. The molecule has 0 radical (unpaired) electrons. The van der Waals surface area contributed by atoms with E-state index in [-0.39, 0.29) is 17.4 Å². The Bertz CT molecular complexity index is 633. The van der Waals surface area contributed by atoms with Gasteiger partial charge in [-0.05, 0) is 41.7 Å². The molecule has 1 atom stereocenters. The molecule has 1 N–H and O–H groups in total. The number of hydrogen-bond donors (Lipinski definition) is 1. The standard InChI is InChI=1S/C19H24N2OS/c1-14(15-6-5-11-20-12-15)21-18(22)13-23-17-9-7-16(8-10-17)19(2,3)4/h5-12,14H,13H2,1-4H3,(H,21,22). The molecule has 1 aromatic carbocycles. The predicted octanol–water partition coefficient (Wildman–Crippen LogP) is 4.35. The fourth-order valence-electron chi connectivity index (χ4n) is 2.20. The lowest BCUT2D eigenvalue weighted by Crippen LogP contribution is -2.28. The van der Waals surface area contributed by atoms with E-state index in [1.807, 2.05) is 19.1 Å². The Balaban J connectivity index is 1.85. The van der Waals surface area contributed by atoms with Gasteiger partial charge in [-0.3, -0.25) is 9.78 Å². The number of hydrogen-bond acceptors (Lipinski definition) is 3. The van der Waals surface area contributed by atoms with Gasteiger partial charge >= 0.3 is 0 Å². The van der Waals surface area contributed by atoms with E-state index >= 15 is 0 Å². The molecule has 0 fully saturated rings. The number of rotatable bonds is 5. The van der Waals surface area contributed by atoms with Crippen molar-refractivity contribution < 1.29 is 4.79 Å². The molecule has 1 aromatic heterocycles. The zero-order valence-electron chi connectivity index (χ0n) is 14.2. The molecule has 1 amide bonds. The molecule has 2 rings (SSSR count). The minimum atomic E-state index is -0.0277. The van der Waals surface area contributed by atoms with Crippen LogP contribution in [-0.4, -0.2) is 16.6 Å². The Hall–Kier alpha value is -1.81. The summed E-state index contributed by atoms with van der Waals surface area (Å²) in [6.45, 7) is 8.56. The topological polar surface area (TPSA) is 42.0 Å². The first-order valence-electron chi connectivity index (χ1n) is 7.79. The van der Waals surface area contributed by atoms with Crippen LogP contribution < -0.4 is 5.32 Å². The van der Waals surface area contributed by atoms with Gasteiger partial charge in [-0.2, -0.15) is 0 Å². The van der Waals surface area contributed by atoms with Crippen molar-refractivity contribution in [3.05, 3.63) is 59.9 Å². The Kier molecular flexibility index (Phi) is 5.83. The fraction of sp³-hybridized carbons (Fsp3) is 0.368. The number of pyridine rings is 1. The van der Waals surface area contributed by atoms with Crippen LogP contribution in [0.3, 0.4) is 0 Å². The van der Waals surface area contributed by atoms with Crippen LogP contribution in [0.15, 0.2) is 53.7 Å². The van der Waals surface area contributed by atoms with Crippen molar-refractivity contribution in [3.8, 4) is 0 Å². The summed E-state index contributed by atoms with van der Waals surface area (Å²) >= 11 is 1.56. The van der Waals surface area contributed by atoms with Crippen molar-refractivity contribution in [1.29, 1.82) is 0 Å². The van der Waals surface area contributed by atoms with E-state index in [9.17, 15) is 4.79 Å². The second-order valence-electron chi connectivity index (χ2n) is 6.64. The van der Waals surface area contributed by atoms with Crippen molar-refractivity contribution in [1.82, 2.24) is 10.3 Å². The van der Waals surface area contributed by atoms with E-state index in [1.54, 1.807) is 24.2 Å². The van der Waals surface area contributed by atoms with Crippen molar-refractivity contribution in [2.24, 2.45) is 0 Å². The van der Waals surface area contributed by atoms with Crippen molar-refractivity contribution in [2.45, 2.75) is 44.0 Å². The molecule has 0 saturated carbocycles. The maximum atomic E-state index is 12.1. The summed E-state index contributed by atoms with van der Waals surface area (Å²) in [5.74, 6) is 0.450. The first-order chi connectivity index (χ1) is 10.9. The molecule has 2 aromatic rings. The largest absolute Gasteiger partial charge is 0.349 e. The third kappa shape index (κ3) is 5.39. The summed E-state index contributed by atoms with van der Waals surface area (Å²) in [5.41, 5.74) is 2.47. The summed E-state index contributed by atoms with van der Waals surface area (Å²) in [7, 11) is 0. The van der Waals surface area contributed by atoms with Gasteiger partial charge in [0.25, 0.3) is 0 Å². The summed E-state index contributed by atoms with van der Waals surface area (Å²) < 4.78 is 0. The maximum Gasteiger partial charge on any atom is 0.230 e. The van der Waals surface area contributed by atoms with Crippen LogP contribution in [0, 0.1) is 0 Å². The molecule has 0 aliphatic heterocycles. The molecule has 0 bridgehead atoms. The number of benzene rings is 1. The monoisotopic (exact) mass is 328 g/mol. The van der Waals surface area contributed by atoms with Crippen molar-refractivity contribution >= 4 is 17.7 Å². The van der Waals surface area contributed by atoms with Crippen LogP contribution >= 0.6 is 11.8 Å². The molecule has 122 valence electrons. The number of amides is 1. The second kappa shape index (κ2) is 7.64. The first kappa shape index (κ1) is 17.5. The van der Waals surface area contributed by atoms with Crippen molar-refractivity contribution in [2.75, 3.05) is 5.75 Å². The quantitative estimate of drug-likeness (QED) is 0.830. The minimum Gasteiger partial charge on any atom is -0.349 e. The van der Waals surface area contributed by atoms with Crippen LogP contribution in [0.4, 0.5) is 0 Å². The number of carbonyl (C=O) groups is 1. The summed E-state index contributed by atoms with van der Waals surface area (Å²) in [6, 6.07) is 12.3. The third-order valence-corrected chi connectivity index (χ3v) is 4.66. The number of thioether (sulfide) groups is 1. The normalized spacial score (nSPS) is 12.7. The van der Waals surface area contributed by atoms with Crippen LogP contribution in [0.25, 0.3) is 0 Å². The number of nitrogens with one attached hydrogen (secondary N) is 1. The smallest absolute Gasteiger partial charge is 0.230 e. The molecule has 1 unspecified atom stereocenters. The Morgan fingerprint density at radius 3 is 2.48 bits per heavy atom. The lowest BCUT2D eigenvalue weighted by molar-refractivity contribution is -0.119. The average molecular weight is 328 g/mol. The fourth-order valence-corrected chi connectivity index (χ4v) is 2.91. The van der Waals surface area contributed by atoms with Gasteiger partial charge in [0, 0.05) is 17.3 Å². The molecule has 0 spiro atoms. The van der Waals surface area contributed by atoms with Crippen LogP contribution in [0.5, 0.6) is 0 Å². The van der Waals surface area contributed by atoms with Gasteiger partial charge in [-0.25, -0.2) is 0 Å². The summed E-state index contributed by atoms with van der Waals surface area (Å²) in [6.07, 6.45) is 3.51. The molecular formula is C19H24N2OS. The molecule has 23 heavy (non-hydrogen) atoms. The molecule has 1 heterocycles. The lowest BCUT2D eigenvalue weighted by Gasteiger charge is -2.19. The molecule has 0 saturated heterocycles. The van der Waals surface area contributed by atoms with E-state index in [0.717, 1.165) is 10.5 Å². The van der Waals surface area contributed by atoms with E-state index in [2.05, 4.69) is 55.3 Å². The number of nitrogens with zero attached hydrogens (tertiary/aromatic N) is 1. The zero-order chi connectivity index (χ0) is 16.9. The van der Waals surface area contributed by atoms with Gasteiger partial charge in [0.2, 0.25) is 5.91 Å². The van der Waals surface area contributed by atoms with Crippen LogP contribution in [0.1, 0.15) is 44.9 Å². The van der Waals surface area contributed by atoms with Gasteiger partial charge in [-0.15, -0.1) is 11.8 Å². The SMILES string of the molecule is CC(NC(=O)CSc1ccc(C(C)(C)C)cc1)c1cccnc1. The van der Waals surface area contributed by atoms with E-state index in [0.29, 0.717) is 5.75 Å². The van der Waals surface area contributed by atoms with Gasteiger partial charge in [-0.1, -0.05) is 39.0 Å². The van der Waals surface area contributed by atoms with Gasteiger partial charge in [0.1, 0.15) is 0 Å². The van der Waals surface area contributed by atoms with Gasteiger partial charge in [0.05, 0.1) is 11.8 Å². The highest BCUT2D eigenvalue weighted by molar-refractivity contribution is 8.00. The van der Waals surface area contributed by atoms with Crippen molar-refractivity contribution in [3.63, 3.8) is 0 Å². The zero-order valence-corrected chi connectivity index (χ0v) is 15.0. The average Bonchev–Trinajstić information content (AvgIpc) is 2.53. The predicted molar refractivity (Wildman–Crippen MR) is 96.7 cm³/mol.